The molecule has 1 aromatic carbocycles. The highest BCUT2D eigenvalue weighted by atomic mass is 19.1. The van der Waals surface area contributed by atoms with Crippen LogP contribution in [0.4, 0.5) is 15.0 Å². The van der Waals surface area contributed by atoms with E-state index in [2.05, 4.69) is 20.4 Å². The van der Waals surface area contributed by atoms with Crippen LogP contribution in [0.15, 0.2) is 24.4 Å². The van der Waals surface area contributed by atoms with Gasteiger partial charge in [-0.15, -0.1) is 5.10 Å². The SMILES string of the molecule is COC(=O)N(C)CCCC(=O)Nc1cn(-c2cc(C)cc(F)c2)nn1. The second kappa shape index (κ2) is 8.22. The molecule has 0 radical (unpaired) electrons. The molecule has 2 rings (SSSR count). The number of carbonyl (C=O) groups is 2. The van der Waals surface area contributed by atoms with Crippen LogP contribution in [0.25, 0.3) is 5.69 Å². The van der Waals surface area contributed by atoms with Crippen molar-refractivity contribution >= 4 is 17.8 Å². The fraction of sp³-hybridized carbons (Fsp3) is 0.375. The summed E-state index contributed by atoms with van der Waals surface area (Å²) in [6.07, 6.45) is 1.75. The molecular weight excluding hydrogens is 329 g/mol. The van der Waals surface area contributed by atoms with Gasteiger partial charge >= 0.3 is 6.09 Å². The molecule has 0 aliphatic heterocycles. The lowest BCUT2D eigenvalue weighted by molar-refractivity contribution is -0.116. The first kappa shape index (κ1) is 18.4. The van der Waals surface area contributed by atoms with Gasteiger partial charge in [-0.1, -0.05) is 5.21 Å². The highest BCUT2D eigenvalue weighted by Crippen LogP contribution is 2.14. The van der Waals surface area contributed by atoms with E-state index in [1.165, 1.54) is 35.0 Å². The number of halogens is 1. The number of carbonyl (C=O) groups excluding carboxylic acids is 2. The van der Waals surface area contributed by atoms with Gasteiger partial charge in [0, 0.05) is 20.0 Å². The predicted molar refractivity (Wildman–Crippen MR) is 89.0 cm³/mol. The summed E-state index contributed by atoms with van der Waals surface area (Å²) >= 11 is 0. The molecule has 0 spiro atoms. The quantitative estimate of drug-likeness (QED) is 0.863. The Hall–Kier alpha value is -2.97. The van der Waals surface area contributed by atoms with Crippen LogP contribution in [-0.4, -0.2) is 52.6 Å². The van der Waals surface area contributed by atoms with Crippen molar-refractivity contribution in [3.63, 3.8) is 0 Å². The van der Waals surface area contributed by atoms with Crippen molar-refractivity contribution in [2.45, 2.75) is 19.8 Å². The number of nitrogens with one attached hydrogen (secondary N) is 1. The third kappa shape index (κ3) is 5.27. The van der Waals surface area contributed by atoms with E-state index in [4.69, 9.17) is 0 Å². The number of aromatic nitrogens is 3. The number of aryl methyl sites for hydroxylation is 1. The summed E-state index contributed by atoms with van der Waals surface area (Å²) in [6.45, 7) is 2.17. The van der Waals surface area contributed by atoms with Crippen molar-refractivity contribution in [2.24, 2.45) is 0 Å². The smallest absolute Gasteiger partial charge is 0.409 e. The Balaban J connectivity index is 1.88. The molecule has 0 saturated carbocycles. The highest BCUT2D eigenvalue weighted by Gasteiger charge is 2.11. The fourth-order valence-electron chi connectivity index (χ4n) is 2.23. The highest BCUT2D eigenvalue weighted by molar-refractivity contribution is 5.89. The molecule has 0 fully saturated rings. The number of ether oxygens (including phenoxy) is 1. The van der Waals surface area contributed by atoms with Gasteiger partial charge in [0.25, 0.3) is 0 Å². The summed E-state index contributed by atoms with van der Waals surface area (Å²) in [5.41, 5.74) is 1.27. The van der Waals surface area contributed by atoms with Crippen molar-refractivity contribution in [3.8, 4) is 5.69 Å². The van der Waals surface area contributed by atoms with Gasteiger partial charge in [0.15, 0.2) is 5.82 Å². The maximum Gasteiger partial charge on any atom is 0.409 e. The standard InChI is InChI=1S/C16H20FN5O3/c1-11-7-12(17)9-13(8-11)22-10-14(19-20-22)18-15(23)5-4-6-21(2)16(24)25-3/h7-10H,4-6H2,1-3H3,(H,18,23). The molecule has 25 heavy (non-hydrogen) atoms. The molecule has 0 unspecified atom stereocenters. The van der Waals surface area contributed by atoms with Crippen molar-refractivity contribution in [2.75, 3.05) is 26.0 Å². The number of hydrogen-bond acceptors (Lipinski definition) is 5. The second-order valence-corrected chi connectivity index (χ2v) is 5.58. The fourth-order valence-corrected chi connectivity index (χ4v) is 2.23. The summed E-state index contributed by atoms with van der Waals surface area (Å²) in [5, 5.41) is 10.3. The zero-order valence-corrected chi connectivity index (χ0v) is 14.3. The molecule has 0 atom stereocenters. The molecule has 0 aliphatic rings. The lowest BCUT2D eigenvalue weighted by Gasteiger charge is -2.14. The molecule has 2 aromatic rings. The van der Waals surface area contributed by atoms with E-state index in [1.54, 1.807) is 20.0 Å². The molecule has 0 aliphatic carbocycles. The summed E-state index contributed by atoms with van der Waals surface area (Å²) in [5.74, 6) is -0.347. The van der Waals surface area contributed by atoms with Crippen LogP contribution in [0.1, 0.15) is 18.4 Å². The molecule has 2 amide bonds. The van der Waals surface area contributed by atoms with Gasteiger partial charge in [-0.2, -0.15) is 0 Å². The molecule has 1 heterocycles. The van der Waals surface area contributed by atoms with Crippen molar-refractivity contribution in [3.05, 3.63) is 35.8 Å². The van der Waals surface area contributed by atoms with Crippen LogP contribution in [-0.2, 0) is 9.53 Å². The Morgan fingerprint density at radius 1 is 1.36 bits per heavy atom. The van der Waals surface area contributed by atoms with Gasteiger partial charge in [-0.25, -0.2) is 13.9 Å². The Bertz CT molecular complexity index is 742. The normalized spacial score (nSPS) is 10.4. The van der Waals surface area contributed by atoms with Crippen LogP contribution in [0.5, 0.6) is 0 Å². The van der Waals surface area contributed by atoms with Crippen LogP contribution < -0.4 is 5.32 Å². The van der Waals surface area contributed by atoms with Crippen LogP contribution in [0, 0.1) is 12.7 Å². The van der Waals surface area contributed by atoms with Gasteiger partial charge in [0.2, 0.25) is 5.91 Å². The van der Waals surface area contributed by atoms with Gasteiger partial charge < -0.3 is 15.0 Å². The average Bonchev–Trinajstić information content (AvgIpc) is 3.01. The Morgan fingerprint density at radius 2 is 2.12 bits per heavy atom. The molecule has 9 heteroatoms. The second-order valence-electron chi connectivity index (χ2n) is 5.58. The van der Waals surface area contributed by atoms with Crippen LogP contribution >= 0.6 is 0 Å². The third-order valence-electron chi connectivity index (χ3n) is 3.44. The van der Waals surface area contributed by atoms with E-state index in [0.717, 1.165) is 5.56 Å². The summed E-state index contributed by atoms with van der Waals surface area (Å²) in [7, 11) is 2.89. The first-order chi connectivity index (χ1) is 11.9. The van der Waals surface area contributed by atoms with Gasteiger partial charge in [-0.05, 0) is 37.1 Å². The monoisotopic (exact) mass is 349 g/mol. The molecule has 0 bridgehead atoms. The molecular formula is C16H20FN5O3. The molecule has 134 valence electrons. The Kier molecular flexibility index (Phi) is 6.04. The molecule has 1 aromatic heterocycles. The lowest BCUT2D eigenvalue weighted by atomic mass is 10.2. The van der Waals surface area contributed by atoms with E-state index in [0.29, 0.717) is 18.7 Å². The zero-order valence-electron chi connectivity index (χ0n) is 14.3. The third-order valence-corrected chi connectivity index (χ3v) is 3.44. The van der Waals surface area contributed by atoms with Crippen molar-refractivity contribution in [1.29, 1.82) is 0 Å². The first-order valence-electron chi connectivity index (χ1n) is 7.68. The minimum atomic E-state index is -0.450. The average molecular weight is 349 g/mol. The summed E-state index contributed by atoms with van der Waals surface area (Å²) in [6, 6.07) is 4.50. The maximum atomic E-state index is 13.4. The van der Waals surface area contributed by atoms with E-state index in [-0.39, 0.29) is 24.0 Å². The molecule has 0 saturated heterocycles. The number of benzene rings is 1. The van der Waals surface area contributed by atoms with E-state index >= 15 is 0 Å². The minimum absolute atomic E-state index is 0.216. The summed E-state index contributed by atoms with van der Waals surface area (Å²) < 4.78 is 19.4. The van der Waals surface area contributed by atoms with Gasteiger partial charge in [0.05, 0.1) is 19.0 Å². The number of rotatable bonds is 6. The number of hydrogen-bond donors (Lipinski definition) is 1. The molecule has 8 nitrogen and oxygen atoms in total. The van der Waals surface area contributed by atoms with E-state index < -0.39 is 6.09 Å². The number of anilines is 1. The van der Waals surface area contributed by atoms with E-state index in [1.807, 2.05) is 0 Å². The largest absolute Gasteiger partial charge is 0.453 e. The minimum Gasteiger partial charge on any atom is -0.453 e. The van der Waals surface area contributed by atoms with Crippen molar-refractivity contribution in [1.82, 2.24) is 19.9 Å². The lowest BCUT2D eigenvalue weighted by Crippen LogP contribution is -2.28. The molecule has 1 N–H and O–H groups in total. The zero-order chi connectivity index (χ0) is 18.4. The Labute approximate surface area is 144 Å². The topological polar surface area (TPSA) is 89.4 Å². The summed E-state index contributed by atoms with van der Waals surface area (Å²) in [4.78, 5) is 24.5. The Morgan fingerprint density at radius 3 is 2.80 bits per heavy atom. The number of amides is 2. The van der Waals surface area contributed by atoms with Crippen LogP contribution in [0.3, 0.4) is 0 Å². The van der Waals surface area contributed by atoms with Gasteiger partial charge in [-0.3, -0.25) is 4.79 Å². The predicted octanol–water partition coefficient (Wildman–Crippen LogP) is 2.13. The van der Waals surface area contributed by atoms with Gasteiger partial charge in [0.1, 0.15) is 5.82 Å². The van der Waals surface area contributed by atoms with Crippen molar-refractivity contribution < 1.29 is 18.7 Å². The first-order valence-corrected chi connectivity index (χ1v) is 7.68. The maximum absolute atomic E-state index is 13.4. The number of nitrogens with zero attached hydrogens (tertiary/aromatic N) is 4. The van der Waals surface area contributed by atoms with E-state index in [9.17, 15) is 14.0 Å². The van der Waals surface area contributed by atoms with Crippen LogP contribution in [0.2, 0.25) is 0 Å². The number of methoxy groups -OCH3 is 1.